The number of pyridine rings is 1. The Kier molecular flexibility index (Phi) is 2.24. The minimum atomic E-state index is 0.430. The normalized spacial score (nSPS) is 10.4. The Hall–Kier alpha value is -2.80. The fourth-order valence-electron chi connectivity index (χ4n) is 2.08. The van der Waals surface area contributed by atoms with E-state index in [2.05, 4.69) is 11.1 Å². The molecule has 3 rings (SSSR count). The maximum Gasteiger partial charge on any atom is 0.124 e. The van der Waals surface area contributed by atoms with E-state index < -0.39 is 0 Å². The summed E-state index contributed by atoms with van der Waals surface area (Å²) in [5.41, 5.74) is 2.05. The van der Waals surface area contributed by atoms with Gasteiger partial charge in [-0.15, -0.1) is 0 Å². The molecule has 0 aliphatic carbocycles. The van der Waals surface area contributed by atoms with Crippen molar-refractivity contribution in [3.8, 4) is 17.5 Å². The molecule has 2 heterocycles. The van der Waals surface area contributed by atoms with Gasteiger partial charge in [0, 0.05) is 11.6 Å². The Balaban J connectivity index is 2.43. The van der Waals surface area contributed by atoms with Gasteiger partial charge in [0.2, 0.25) is 0 Å². The van der Waals surface area contributed by atoms with E-state index in [4.69, 9.17) is 0 Å². The Morgan fingerprint density at radius 2 is 1.89 bits per heavy atom. The molecule has 4 nitrogen and oxygen atoms in total. The van der Waals surface area contributed by atoms with Crippen LogP contribution in [0.5, 0.6) is 0 Å². The Morgan fingerprint density at radius 1 is 1.11 bits per heavy atom. The summed E-state index contributed by atoms with van der Waals surface area (Å²) in [6.45, 7) is 0. The lowest BCUT2D eigenvalue weighted by Crippen LogP contribution is -1.95. The Morgan fingerprint density at radius 3 is 2.61 bits per heavy atom. The second kappa shape index (κ2) is 3.90. The molecule has 3 aromatic rings. The van der Waals surface area contributed by atoms with Crippen LogP contribution in [-0.4, -0.2) is 14.9 Å². The minimum absolute atomic E-state index is 0.430. The smallest absolute Gasteiger partial charge is 0.124 e. The van der Waals surface area contributed by atoms with Gasteiger partial charge < -0.3 is 5.21 Å². The summed E-state index contributed by atoms with van der Waals surface area (Å²) < 4.78 is 1.02. The monoisotopic (exact) mass is 235 g/mol. The van der Waals surface area contributed by atoms with E-state index in [1.54, 1.807) is 24.4 Å². The predicted octanol–water partition coefficient (Wildman–Crippen LogP) is 2.81. The van der Waals surface area contributed by atoms with Crippen molar-refractivity contribution in [2.45, 2.75) is 0 Å². The largest absolute Gasteiger partial charge is 0.428 e. The number of fused-ring (bicyclic) bond motifs is 1. The summed E-state index contributed by atoms with van der Waals surface area (Å²) in [4.78, 5) is 4.18. The highest BCUT2D eigenvalue weighted by atomic mass is 16.5. The number of nitriles is 1. The zero-order valence-corrected chi connectivity index (χ0v) is 9.41. The number of aromatic nitrogens is 2. The predicted molar refractivity (Wildman–Crippen MR) is 67.1 cm³/mol. The first-order valence-corrected chi connectivity index (χ1v) is 5.47. The summed E-state index contributed by atoms with van der Waals surface area (Å²) in [5, 5.41) is 20.2. The fraction of sp³-hybridized carbons (Fsp3) is 0. The summed E-state index contributed by atoms with van der Waals surface area (Å²) in [6.07, 6.45) is 1.63. The van der Waals surface area contributed by atoms with Crippen molar-refractivity contribution < 1.29 is 5.21 Å². The molecule has 2 aromatic heterocycles. The van der Waals surface area contributed by atoms with Gasteiger partial charge in [-0.25, -0.2) is 0 Å². The molecule has 86 valence electrons. The van der Waals surface area contributed by atoms with Gasteiger partial charge in [-0.3, -0.25) is 4.98 Å². The van der Waals surface area contributed by atoms with E-state index in [-0.39, 0.29) is 0 Å². The maximum atomic E-state index is 10.2. The van der Waals surface area contributed by atoms with Crippen LogP contribution in [-0.2, 0) is 0 Å². The topological polar surface area (TPSA) is 61.8 Å². The molecule has 0 radical (unpaired) electrons. The average Bonchev–Trinajstić information content (AvgIpc) is 2.73. The van der Waals surface area contributed by atoms with E-state index in [0.29, 0.717) is 22.5 Å². The van der Waals surface area contributed by atoms with Gasteiger partial charge in [0.1, 0.15) is 11.8 Å². The first-order valence-electron chi connectivity index (χ1n) is 5.47. The molecule has 0 amide bonds. The highest BCUT2D eigenvalue weighted by Crippen LogP contribution is 2.30. The van der Waals surface area contributed by atoms with Crippen molar-refractivity contribution >= 4 is 10.9 Å². The molecule has 0 saturated heterocycles. The third kappa shape index (κ3) is 1.35. The lowest BCUT2D eigenvalue weighted by atomic mass is 10.1. The third-order valence-electron chi connectivity index (χ3n) is 2.87. The van der Waals surface area contributed by atoms with Crippen molar-refractivity contribution in [3.63, 3.8) is 0 Å². The van der Waals surface area contributed by atoms with Crippen LogP contribution in [0.25, 0.3) is 22.3 Å². The van der Waals surface area contributed by atoms with Crippen LogP contribution < -0.4 is 0 Å². The van der Waals surface area contributed by atoms with Gasteiger partial charge >= 0.3 is 0 Å². The molecule has 0 atom stereocenters. The Labute approximate surface area is 103 Å². The number of hydrogen-bond acceptors (Lipinski definition) is 3. The number of benzene rings is 1. The summed E-state index contributed by atoms with van der Waals surface area (Å²) >= 11 is 0. The molecule has 1 aromatic carbocycles. The van der Waals surface area contributed by atoms with Gasteiger partial charge in [-0.1, -0.05) is 24.3 Å². The SMILES string of the molecule is N#Cc1c(-c2ccccn2)n(O)c2ccccc12. The summed E-state index contributed by atoms with van der Waals surface area (Å²) in [6, 6.07) is 14.8. The van der Waals surface area contributed by atoms with Crippen molar-refractivity contribution in [3.05, 3.63) is 54.2 Å². The number of para-hydroxylation sites is 1. The zero-order valence-electron chi connectivity index (χ0n) is 9.41. The van der Waals surface area contributed by atoms with E-state index in [1.807, 2.05) is 24.3 Å². The lowest BCUT2D eigenvalue weighted by Gasteiger charge is -2.01. The van der Waals surface area contributed by atoms with Crippen LogP contribution in [0.1, 0.15) is 5.56 Å². The molecule has 0 saturated carbocycles. The Bertz CT molecular complexity index is 754. The fourth-order valence-corrected chi connectivity index (χ4v) is 2.08. The van der Waals surface area contributed by atoms with Gasteiger partial charge in [-0.2, -0.15) is 9.99 Å². The average molecular weight is 235 g/mol. The van der Waals surface area contributed by atoms with Crippen molar-refractivity contribution in [1.82, 2.24) is 9.71 Å². The molecule has 18 heavy (non-hydrogen) atoms. The maximum absolute atomic E-state index is 10.2. The third-order valence-corrected chi connectivity index (χ3v) is 2.87. The van der Waals surface area contributed by atoms with Crippen molar-refractivity contribution in [1.29, 1.82) is 5.26 Å². The second-order valence-corrected chi connectivity index (χ2v) is 3.88. The highest BCUT2D eigenvalue weighted by molar-refractivity contribution is 5.93. The van der Waals surface area contributed by atoms with Crippen molar-refractivity contribution in [2.75, 3.05) is 0 Å². The lowest BCUT2D eigenvalue weighted by molar-refractivity contribution is 0.204. The molecule has 0 fully saturated rings. The molecule has 0 unspecified atom stereocenters. The van der Waals surface area contributed by atoms with E-state index >= 15 is 0 Å². The molecular weight excluding hydrogens is 226 g/mol. The molecule has 0 aliphatic rings. The molecule has 1 N–H and O–H groups in total. The standard InChI is InChI=1S/C14H9N3O/c15-9-11-10-5-1-2-7-13(10)17(18)14(11)12-6-3-4-8-16-12/h1-8,18H. The molecule has 4 heteroatoms. The molecular formula is C14H9N3O. The number of nitrogens with zero attached hydrogens (tertiary/aromatic N) is 3. The van der Waals surface area contributed by atoms with Gasteiger partial charge in [0.25, 0.3) is 0 Å². The molecule has 0 bridgehead atoms. The first kappa shape index (κ1) is 10.4. The van der Waals surface area contributed by atoms with Crippen LogP contribution in [0.2, 0.25) is 0 Å². The van der Waals surface area contributed by atoms with E-state index in [0.717, 1.165) is 10.1 Å². The van der Waals surface area contributed by atoms with E-state index in [1.165, 1.54) is 0 Å². The number of hydrogen-bond donors (Lipinski definition) is 1. The van der Waals surface area contributed by atoms with Crippen LogP contribution in [0.3, 0.4) is 0 Å². The van der Waals surface area contributed by atoms with Crippen LogP contribution >= 0.6 is 0 Å². The minimum Gasteiger partial charge on any atom is -0.428 e. The van der Waals surface area contributed by atoms with Gasteiger partial charge in [0.15, 0.2) is 0 Å². The van der Waals surface area contributed by atoms with Gasteiger partial charge in [0.05, 0.1) is 16.8 Å². The first-order chi connectivity index (χ1) is 8.83. The van der Waals surface area contributed by atoms with Gasteiger partial charge in [-0.05, 0) is 18.2 Å². The molecule has 0 aliphatic heterocycles. The second-order valence-electron chi connectivity index (χ2n) is 3.88. The highest BCUT2D eigenvalue weighted by Gasteiger charge is 2.18. The van der Waals surface area contributed by atoms with E-state index in [9.17, 15) is 10.5 Å². The van der Waals surface area contributed by atoms with Crippen LogP contribution in [0.4, 0.5) is 0 Å². The summed E-state index contributed by atoms with van der Waals surface area (Å²) in [5.74, 6) is 0. The summed E-state index contributed by atoms with van der Waals surface area (Å²) in [7, 11) is 0. The quantitative estimate of drug-likeness (QED) is 0.660. The zero-order chi connectivity index (χ0) is 12.5. The van der Waals surface area contributed by atoms with Crippen LogP contribution in [0.15, 0.2) is 48.7 Å². The van der Waals surface area contributed by atoms with Crippen molar-refractivity contribution in [2.24, 2.45) is 0 Å². The number of rotatable bonds is 1. The van der Waals surface area contributed by atoms with Crippen LogP contribution in [0, 0.1) is 11.3 Å². The molecule has 0 spiro atoms.